The molecule has 1 fully saturated rings. The van der Waals surface area contributed by atoms with Gasteiger partial charge in [0.2, 0.25) is 5.13 Å². The zero-order valence-corrected chi connectivity index (χ0v) is 17.6. The van der Waals surface area contributed by atoms with Crippen LogP contribution in [0.2, 0.25) is 0 Å². The molecule has 0 amide bonds. The van der Waals surface area contributed by atoms with E-state index in [2.05, 4.69) is 74.0 Å². The molecule has 0 spiro atoms. The van der Waals surface area contributed by atoms with Gasteiger partial charge >= 0.3 is 0 Å². The van der Waals surface area contributed by atoms with Gasteiger partial charge in [0.05, 0.1) is 11.9 Å². The Kier molecular flexibility index (Phi) is 6.67. The maximum atomic E-state index is 4.62. The quantitative estimate of drug-likeness (QED) is 0.468. The summed E-state index contributed by atoms with van der Waals surface area (Å²) in [6, 6.07) is 18.7. The predicted molar refractivity (Wildman–Crippen MR) is 123 cm³/mol. The summed E-state index contributed by atoms with van der Waals surface area (Å²) in [5.41, 5.74) is 7.64. The van der Waals surface area contributed by atoms with Crippen LogP contribution in [0.1, 0.15) is 18.1 Å². The highest BCUT2D eigenvalue weighted by atomic mass is 32.1. The van der Waals surface area contributed by atoms with Crippen molar-refractivity contribution in [3.8, 4) is 11.3 Å². The van der Waals surface area contributed by atoms with Crippen LogP contribution in [0.15, 0.2) is 65.1 Å². The lowest BCUT2D eigenvalue weighted by molar-refractivity contribution is 0.132. The first-order valence-corrected chi connectivity index (χ1v) is 11.0. The van der Waals surface area contributed by atoms with Gasteiger partial charge in [0.15, 0.2) is 0 Å². The number of likely N-dealkylation sites (N-methyl/N-ethyl adjacent to an activating group) is 1. The molecule has 2 aromatic carbocycles. The standard InChI is InChI=1S/C23H27N5S/c1-2-27-12-14-28(15-13-27)17-21-11-7-6-10-20(21)16-24-26-23-25-22(18-29-23)19-8-4-3-5-9-19/h3-11,16,18H,2,12-15,17H2,1H3,(H,25,26). The van der Waals surface area contributed by atoms with Crippen molar-refractivity contribution in [2.75, 3.05) is 38.1 Å². The molecule has 4 rings (SSSR count). The molecule has 5 nitrogen and oxygen atoms in total. The van der Waals surface area contributed by atoms with Gasteiger partial charge in [-0.05, 0) is 17.7 Å². The maximum Gasteiger partial charge on any atom is 0.203 e. The SMILES string of the molecule is CCN1CCN(Cc2ccccc2C=NNc2nc(-c3ccccc3)cs2)CC1. The maximum absolute atomic E-state index is 4.62. The molecule has 1 aromatic heterocycles. The van der Waals surface area contributed by atoms with E-state index in [0.29, 0.717) is 0 Å². The third kappa shape index (κ3) is 5.29. The molecule has 0 radical (unpaired) electrons. The summed E-state index contributed by atoms with van der Waals surface area (Å²) in [7, 11) is 0. The monoisotopic (exact) mass is 405 g/mol. The van der Waals surface area contributed by atoms with Crippen molar-refractivity contribution in [2.45, 2.75) is 13.5 Å². The molecular weight excluding hydrogens is 378 g/mol. The van der Waals surface area contributed by atoms with Crippen molar-refractivity contribution >= 4 is 22.7 Å². The van der Waals surface area contributed by atoms with E-state index < -0.39 is 0 Å². The highest BCUT2D eigenvalue weighted by molar-refractivity contribution is 7.14. The summed E-state index contributed by atoms with van der Waals surface area (Å²) in [5.74, 6) is 0. The van der Waals surface area contributed by atoms with Crippen LogP contribution in [0.25, 0.3) is 11.3 Å². The molecule has 1 saturated heterocycles. The Morgan fingerprint density at radius 3 is 2.52 bits per heavy atom. The topological polar surface area (TPSA) is 43.8 Å². The Morgan fingerprint density at radius 1 is 1.00 bits per heavy atom. The Bertz CT molecular complexity index is 929. The molecule has 1 aliphatic heterocycles. The number of nitrogens with zero attached hydrogens (tertiary/aromatic N) is 4. The first-order chi connectivity index (χ1) is 14.3. The van der Waals surface area contributed by atoms with Crippen LogP contribution < -0.4 is 5.43 Å². The zero-order valence-electron chi connectivity index (χ0n) is 16.8. The second kappa shape index (κ2) is 9.78. The minimum absolute atomic E-state index is 0.799. The number of anilines is 1. The number of nitrogens with one attached hydrogen (secondary N) is 1. The summed E-state index contributed by atoms with van der Waals surface area (Å²) in [5, 5.41) is 7.30. The predicted octanol–water partition coefficient (Wildman–Crippen LogP) is 4.39. The minimum atomic E-state index is 0.799. The Hall–Kier alpha value is -2.54. The van der Waals surface area contributed by atoms with Gasteiger partial charge in [-0.1, -0.05) is 61.5 Å². The van der Waals surface area contributed by atoms with Crippen LogP contribution in [-0.2, 0) is 6.54 Å². The van der Waals surface area contributed by atoms with E-state index in [1.54, 1.807) is 11.3 Å². The van der Waals surface area contributed by atoms with Crippen molar-refractivity contribution in [2.24, 2.45) is 5.10 Å². The Balaban J connectivity index is 1.37. The molecule has 29 heavy (non-hydrogen) atoms. The van der Waals surface area contributed by atoms with E-state index in [0.717, 1.165) is 61.2 Å². The second-order valence-electron chi connectivity index (χ2n) is 7.18. The summed E-state index contributed by atoms with van der Waals surface area (Å²) in [4.78, 5) is 9.66. The second-order valence-corrected chi connectivity index (χ2v) is 8.04. The number of benzene rings is 2. The van der Waals surface area contributed by atoms with E-state index in [4.69, 9.17) is 0 Å². The van der Waals surface area contributed by atoms with Gasteiger partial charge < -0.3 is 4.90 Å². The van der Waals surface area contributed by atoms with Crippen molar-refractivity contribution in [3.05, 3.63) is 71.1 Å². The summed E-state index contributed by atoms with van der Waals surface area (Å²) in [6.07, 6.45) is 1.90. The van der Waals surface area contributed by atoms with Gasteiger partial charge in [-0.3, -0.25) is 10.3 Å². The summed E-state index contributed by atoms with van der Waals surface area (Å²) >= 11 is 1.57. The van der Waals surface area contributed by atoms with Gasteiger partial charge in [-0.2, -0.15) is 5.10 Å². The summed E-state index contributed by atoms with van der Waals surface area (Å²) < 4.78 is 0. The summed E-state index contributed by atoms with van der Waals surface area (Å²) in [6.45, 7) is 8.91. The van der Waals surface area contributed by atoms with E-state index >= 15 is 0 Å². The van der Waals surface area contributed by atoms with Crippen LogP contribution >= 0.6 is 11.3 Å². The molecule has 0 saturated carbocycles. The number of hydrogen-bond acceptors (Lipinski definition) is 6. The number of hydrazone groups is 1. The lowest BCUT2D eigenvalue weighted by Crippen LogP contribution is -2.45. The normalized spacial score (nSPS) is 15.8. The molecule has 1 aliphatic rings. The number of thiazole rings is 1. The lowest BCUT2D eigenvalue weighted by atomic mass is 10.1. The van der Waals surface area contributed by atoms with Crippen LogP contribution in [-0.4, -0.2) is 53.7 Å². The van der Waals surface area contributed by atoms with Crippen LogP contribution in [0.4, 0.5) is 5.13 Å². The molecule has 2 heterocycles. The smallest absolute Gasteiger partial charge is 0.203 e. The van der Waals surface area contributed by atoms with E-state index in [1.807, 2.05) is 24.4 Å². The fraction of sp³-hybridized carbons (Fsp3) is 0.304. The van der Waals surface area contributed by atoms with E-state index in [9.17, 15) is 0 Å². The molecule has 1 N–H and O–H groups in total. The first-order valence-electron chi connectivity index (χ1n) is 10.1. The van der Waals surface area contributed by atoms with Crippen molar-refractivity contribution < 1.29 is 0 Å². The molecule has 150 valence electrons. The van der Waals surface area contributed by atoms with Gasteiger partial charge in [-0.15, -0.1) is 11.3 Å². The molecule has 0 bridgehead atoms. The third-order valence-corrected chi connectivity index (χ3v) is 6.05. The molecule has 6 heteroatoms. The average Bonchev–Trinajstić information content (AvgIpc) is 3.25. The number of aromatic nitrogens is 1. The molecule has 3 aromatic rings. The van der Waals surface area contributed by atoms with Crippen molar-refractivity contribution in [1.82, 2.24) is 14.8 Å². The highest BCUT2D eigenvalue weighted by Crippen LogP contribution is 2.24. The van der Waals surface area contributed by atoms with Crippen molar-refractivity contribution in [3.63, 3.8) is 0 Å². The molecule has 0 unspecified atom stereocenters. The van der Waals surface area contributed by atoms with Crippen molar-refractivity contribution in [1.29, 1.82) is 0 Å². The van der Waals surface area contributed by atoms with Crippen LogP contribution in [0.3, 0.4) is 0 Å². The number of hydrogen-bond donors (Lipinski definition) is 1. The fourth-order valence-corrected chi connectivity index (χ4v) is 4.20. The first kappa shape index (κ1) is 19.8. The number of rotatable bonds is 7. The fourth-order valence-electron chi connectivity index (χ4n) is 3.53. The van der Waals surface area contributed by atoms with Gasteiger partial charge in [0, 0.05) is 43.7 Å². The largest absolute Gasteiger partial charge is 0.301 e. The molecular formula is C23H27N5S. The van der Waals surface area contributed by atoms with Gasteiger partial charge in [-0.25, -0.2) is 4.98 Å². The van der Waals surface area contributed by atoms with Crippen LogP contribution in [0, 0.1) is 0 Å². The Morgan fingerprint density at radius 2 is 1.72 bits per heavy atom. The molecule has 0 atom stereocenters. The minimum Gasteiger partial charge on any atom is -0.301 e. The average molecular weight is 406 g/mol. The number of piperazine rings is 1. The lowest BCUT2D eigenvalue weighted by Gasteiger charge is -2.34. The van der Waals surface area contributed by atoms with E-state index in [-0.39, 0.29) is 0 Å². The van der Waals surface area contributed by atoms with E-state index in [1.165, 1.54) is 5.56 Å². The van der Waals surface area contributed by atoms with Crippen LogP contribution in [0.5, 0.6) is 0 Å². The van der Waals surface area contributed by atoms with Gasteiger partial charge in [0.1, 0.15) is 0 Å². The molecule has 0 aliphatic carbocycles. The Labute approximate surface area is 176 Å². The third-order valence-electron chi connectivity index (χ3n) is 5.30. The van der Waals surface area contributed by atoms with Gasteiger partial charge in [0.25, 0.3) is 0 Å². The zero-order chi connectivity index (χ0) is 19.9. The highest BCUT2D eigenvalue weighted by Gasteiger charge is 2.16.